The van der Waals surface area contributed by atoms with Crippen LogP contribution in [0.2, 0.25) is 0 Å². The Kier molecular flexibility index (Phi) is 9.18. The van der Waals surface area contributed by atoms with Crippen LogP contribution < -0.4 is 0 Å². The molecular weight excluding hydrogens is 276 g/mol. The van der Waals surface area contributed by atoms with Crippen LogP contribution in [0.4, 0.5) is 0 Å². The third-order valence-corrected chi connectivity index (χ3v) is 6.44. The summed E-state index contributed by atoms with van der Waals surface area (Å²) in [5.74, 6) is 3.40. The monoisotopic (exact) mass is 318 g/mol. The predicted octanol–water partition coefficient (Wildman–Crippen LogP) is 7.70. The molecule has 1 aliphatic carbocycles. The molecule has 1 aromatic carbocycles. The van der Waals surface area contributed by atoms with E-state index in [2.05, 4.69) is 53.7 Å². The van der Waals surface area contributed by atoms with Gasteiger partial charge in [-0.05, 0) is 79.0 Å². The molecule has 0 spiro atoms. The van der Waals surface area contributed by atoms with Crippen molar-refractivity contribution in [3.05, 3.63) is 34.4 Å². The van der Waals surface area contributed by atoms with Gasteiger partial charge in [-0.3, -0.25) is 0 Å². The third-order valence-electron chi connectivity index (χ3n) is 6.44. The molecule has 1 aliphatic rings. The maximum absolute atomic E-state index is 2.49. The van der Waals surface area contributed by atoms with Crippen molar-refractivity contribution >= 4 is 0 Å². The fourth-order valence-corrected chi connectivity index (χ4v) is 4.57. The maximum atomic E-state index is 2.49. The molecule has 4 atom stereocenters. The summed E-state index contributed by atoms with van der Waals surface area (Å²) in [7, 11) is 0. The first kappa shape index (κ1) is 22.2. The molecule has 0 heteroatoms. The van der Waals surface area contributed by atoms with Gasteiger partial charge in [0, 0.05) is 0 Å². The lowest BCUT2D eigenvalue weighted by molar-refractivity contribution is 0.151. The van der Waals surface area contributed by atoms with Crippen LogP contribution >= 0.6 is 0 Å². The van der Waals surface area contributed by atoms with E-state index in [0.29, 0.717) is 0 Å². The molecule has 4 unspecified atom stereocenters. The van der Waals surface area contributed by atoms with E-state index in [1.165, 1.54) is 32.1 Å². The Morgan fingerprint density at radius 3 is 2.13 bits per heavy atom. The van der Waals surface area contributed by atoms with Crippen molar-refractivity contribution < 1.29 is 0 Å². The SMILES string of the molecule is C.C.CCCc1ccc(C2CCC(CC)C(C)C2C)c(C)c1C. The Morgan fingerprint density at radius 1 is 0.913 bits per heavy atom. The van der Waals surface area contributed by atoms with Gasteiger partial charge in [-0.25, -0.2) is 0 Å². The van der Waals surface area contributed by atoms with Crippen molar-refractivity contribution in [1.29, 1.82) is 0 Å². The maximum Gasteiger partial charge on any atom is -0.0131 e. The average Bonchev–Trinajstić information content (AvgIpc) is 2.48. The normalized spacial score (nSPS) is 27.0. The van der Waals surface area contributed by atoms with Gasteiger partial charge in [0.15, 0.2) is 0 Å². The second kappa shape index (κ2) is 9.50. The van der Waals surface area contributed by atoms with Gasteiger partial charge < -0.3 is 0 Å². The van der Waals surface area contributed by atoms with Crippen LogP contribution in [-0.4, -0.2) is 0 Å². The summed E-state index contributed by atoms with van der Waals surface area (Å²) >= 11 is 0. The standard InChI is InChI=1S/C21H34.2CH4/c1-7-9-19-11-13-21(17(6)15(19)4)20-12-10-18(8-2)14(3)16(20)5;;/h11,13-14,16,18,20H,7-10,12H2,1-6H3;2*1H4. The van der Waals surface area contributed by atoms with Gasteiger partial charge in [-0.2, -0.15) is 0 Å². The van der Waals surface area contributed by atoms with Crippen LogP contribution in [-0.2, 0) is 6.42 Å². The molecule has 23 heavy (non-hydrogen) atoms. The van der Waals surface area contributed by atoms with E-state index in [1.54, 1.807) is 22.3 Å². The Labute approximate surface area is 147 Å². The summed E-state index contributed by atoms with van der Waals surface area (Å²) in [6.07, 6.45) is 6.63. The number of rotatable bonds is 4. The van der Waals surface area contributed by atoms with Crippen molar-refractivity contribution in [1.82, 2.24) is 0 Å². The molecule has 1 fully saturated rings. The topological polar surface area (TPSA) is 0 Å². The minimum Gasteiger partial charge on any atom is -0.0776 e. The molecule has 0 N–H and O–H groups in total. The molecular formula is C23H42. The highest BCUT2D eigenvalue weighted by Crippen LogP contribution is 2.46. The summed E-state index contributed by atoms with van der Waals surface area (Å²) in [5.41, 5.74) is 6.31. The molecule has 2 rings (SSSR count). The van der Waals surface area contributed by atoms with E-state index in [4.69, 9.17) is 0 Å². The quantitative estimate of drug-likeness (QED) is 0.533. The summed E-state index contributed by atoms with van der Waals surface area (Å²) in [5, 5.41) is 0. The lowest BCUT2D eigenvalue weighted by Gasteiger charge is -2.41. The lowest BCUT2D eigenvalue weighted by atomic mass is 9.64. The van der Waals surface area contributed by atoms with Gasteiger partial charge >= 0.3 is 0 Å². The molecule has 1 saturated carbocycles. The van der Waals surface area contributed by atoms with Gasteiger partial charge in [0.05, 0.1) is 0 Å². The first-order valence-corrected chi connectivity index (χ1v) is 9.10. The number of hydrogen-bond donors (Lipinski definition) is 0. The molecule has 1 aromatic rings. The average molecular weight is 319 g/mol. The first-order chi connectivity index (χ1) is 10.0. The summed E-state index contributed by atoms with van der Waals surface area (Å²) in [6, 6.07) is 4.86. The van der Waals surface area contributed by atoms with Crippen molar-refractivity contribution in [3.8, 4) is 0 Å². The molecule has 0 saturated heterocycles. The van der Waals surface area contributed by atoms with E-state index < -0.39 is 0 Å². The zero-order valence-electron chi connectivity index (χ0n) is 15.0. The highest BCUT2D eigenvalue weighted by molar-refractivity contribution is 5.41. The van der Waals surface area contributed by atoms with Gasteiger partial charge in [-0.1, -0.05) is 67.5 Å². The van der Waals surface area contributed by atoms with Crippen LogP contribution in [0.25, 0.3) is 0 Å². The van der Waals surface area contributed by atoms with Crippen LogP contribution in [0.3, 0.4) is 0 Å². The summed E-state index contributed by atoms with van der Waals surface area (Å²) in [4.78, 5) is 0. The molecule has 0 aromatic heterocycles. The second-order valence-corrected chi connectivity index (χ2v) is 7.38. The third kappa shape index (κ3) is 4.40. The van der Waals surface area contributed by atoms with Crippen LogP contribution in [0, 0.1) is 31.6 Å². The fourth-order valence-electron chi connectivity index (χ4n) is 4.57. The van der Waals surface area contributed by atoms with Crippen molar-refractivity contribution in [2.45, 2.75) is 94.4 Å². The van der Waals surface area contributed by atoms with E-state index in [0.717, 1.165) is 23.7 Å². The first-order valence-electron chi connectivity index (χ1n) is 9.10. The van der Waals surface area contributed by atoms with Crippen LogP contribution in [0.5, 0.6) is 0 Å². The van der Waals surface area contributed by atoms with Gasteiger partial charge in [0.2, 0.25) is 0 Å². The Balaban J connectivity index is 0.00000242. The largest absolute Gasteiger partial charge is 0.0776 e. The van der Waals surface area contributed by atoms with E-state index in [1.807, 2.05) is 0 Å². The van der Waals surface area contributed by atoms with Gasteiger partial charge in [0.25, 0.3) is 0 Å². The Bertz CT molecular complexity index is 471. The Hall–Kier alpha value is -0.780. The highest BCUT2D eigenvalue weighted by atomic mass is 14.4. The zero-order chi connectivity index (χ0) is 15.6. The lowest BCUT2D eigenvalue weighted by Crippen LogP contribution is -2.30. The van der Waals surface area contributed by atoms with Gasteiger partial charge in [0.1, 0.15) is 0 Å². The van der Waals surface area contributed by atoms with E-state index in [9.17, 15) is 0 Å². The second-order valence-electron chi connectivity index (χ2n) is 7.38. The van der Waals surface area contributed by atoms with Crippen molar-refractivity contribution in [2.24, 2.45) is 17.8 Å². The Morgan fingerprint density at radius 2 is 1.57 bits per heavy atom. The highest BCUT2D eigenvalue weighted by Gasteiger charge is 2.34. The molecule has 0 amide bonds. The molecule has 0 radical (unpaired) electrons. The smallest absolute Gasteiger partial charge is 0.0131 e. The van der Waals surface area contributed by atoms with E-state index in [-0.39, 0.29) is 14.9 Å². The van der Waals surface area contributed by atoms with Crippen LogP contribution in [0.1, 0.15) is 96.4 Å². The summed E-state index contributed by atoms with van der Waals surface area (Å²) in [6.45, 7) is 14.3. The van der Waals surface area contributed by atoms with Gasteiger partial charge in [-0.15, -0.1) is 0 Å². The molecule has 0 nitrogen and oxygen atoms in total. The minimum absolute atomic E-state index is 0. The molecule has 134 valence electrons. The number of hydrogen-bond acceptors (Lipinski definition) is 0. The van der Waals surface area contributed by atoms with E-state index >= 15 is 0 Å². The van der Waals surface area contributed by atoms with Crippen molar-refractivity contribution in [3.63, 3.8) is 0 Å². The number of aryl methyl sites for hydroxylation is 1. The summed E-state index contributed by atoms with van der Waals surface area (Å²) < 4.78 is 0. The zero-order valence-corrected chi connectivity index (χ0v) is 15.0. The number of benzene rings is 1. The van der Waals surface area contributed by atoms with Crippen molar-refractivity contribution in [2.75, 3.05) is 0 Å². The predicted molar refractivity (Wildman–Crippen MR) is 107 cm³/mol. The minimum atomic E-state index is 0. The molecule has 0 heterocycles. The molecule has 0 aliphatic heterocycles. The van der Waals surface area contributed by atoms with Crippen LogP contribution in [0.15, 0.2) is 12.1 Å². The molecule has 0 bridgehead atoms. The fraction of sp³-hybridized carbons (Fsp3) is 0.739.